The van der Waals surface area contributed by atoms with E-state index in [0.717, 1.165) is 6.54 Å². The van der Waals surface area contributed by atoms with Crippen LogP contribution >= 0.6 is 11.3 Å². The van der Waals surface area contributed by atoms with E-state index in [4.69, 9.17) is 0 Å². The lowest BCUT2D eigenvalue weighted by Gasteiger charge is -1.79. The molecule has 0 unspecified atom stereocenters. The normalized spacial score (nSPS) is 9.70. The minimum atomic E-state index is 0. The Labute approximate surface area is 75.8 Å². The van der Waals surface area contributed by atoms with Gasteiger partial charge in [0, 0.05) is 0 Å². The zero-order valence-corrected chi connectivity index (χ0v) is 8.23. The first kappa shape index (κ1) is 9.85. The minimum absolute atomic E-state index is 0. The van der Waals surface area contributed by atoms with Crippen LogP contribution in [0.3, 0.4) is 0 Å². The molecule has 0 spiro atoms. The zero-order chi connectivity index (χ0) is 6.53. The van der Waals surface area contributed by atoms with Gasteiger partial charge in [-0.05, 0) is 13.0 Å². The number of thiazole rings is 1. The summed E-state index contributed by atoms with van der Waals surface area (Å²) in [5.41, 5.74) is 2.10. The van der Waals surface area contributed by atoms with Gasteiger partial charge in [0.15, 0.2) is 12.7 Å². The van der Waals surface area contributed by atoms with Crippen LogP contribution in [-0.4, -0.2) is 0 Å². The number of hydrogen-bond donors (Lipinski definition) is 0. The second-order valence-corrected chi connectivity index (χ2v) is 2.55. The summed E-state index contributed by atoms with van der Waals surface area (Å²) in [5, 5.41) is 2.07. The van der Waals surface area contributed by atoms with Crippen molar-refractivity contribution < 1.29 is 21.5 Å². The Kier molecular flexibility index (Phi) is 5.54. The Morgan fingerprint density at radius 2 is 2.40 bits per heavy atom. The predicted molar refractivity (Wildman–Crippen MR) is 39.3 cm³/mol. The second kappa shape index (κ2) is 5.62. The van der Waals surface area contributed by atoms with Crippen LogP contribution in [0.2, 0.25) is 0 Å². The van der Waals surface area contributed by atoms with Gasteiger partial charge in [-0.3, -0.25) is 0 Å². The van der Waals surface area contributed by atoms with Crippen LogP contribution in [0.1, 0.15) is 6.92 Å². The molecule has 0 bridgehead atoms. The molecule has 0 saturated carbocycles. The predicted octanol–water partition coefficient (Wildman–Crippen LogP) is -1.38. The molecular formula is C7H10BrNS. The fourth-order valence-corrected chi connectivity index (χ4v) is 1.20. The van der Waals surface area contributed by atoms with E-state index in [-0.39, 0.29) is 17.0 Å². The summed E-state index contributed by atoms with van der Waals surface area (Å²) in [6.45, 7) is 3.03. The van der Waals surface area contributed by atoms with Crippen LogP contribution in [-0.2, 0) is 6.54 Å². The Morgan fingerprint density at radius 1 is 1.60 bits per heavy atom. The molecule has 0 aliphatic carbocycles. The van der Waals surface area contributed by atoms with E-state index in [1.807, 2.05) is 6.92 Å². The lowest BCUT2D eigenvalue weighted by atomic mass is 10.5. The first-order chi connectivity index (χ1) is 4.43. The third-order valence-electron chi connectivity index (χ3n) is 1.08. The maximum Gasteiger partial charge on any atom is 0.224 e. The molecule has 3 heteroatoms. The topological polar surface area (TPSA) is 3.88 Å². The number of aromatic nitrogens is 1. The smallest absolute Gasteiger partial charge is 0.224 e. The average molecular weight is 220 g/mol. The highest BCUT2D eigenvalue weighted by Gasteiger charge is 1.92. The number of rotatable bonds is 2. The SMILES string of the molecule is CC=CC[n+]1ccsc1.[Br-]. The molecule has 0 amide bonds. The van der Waals surface area contributed by atoms with Crippen molar-refractivity contribution in [1.82, 2.24) is 0 Å². The average Bonchev–Trinajstić information content (AvgIpc) is 2.34. The number of halogens is 1. The van der Waals surface area contributed by atoms with Crippen LogP contribution in [0.15, 0.2) is 29.2 Å². The molecular weight excluding hydrogens is 210 g/mol. The van der Waals surface area contributed by atoms with E-state index in [9.17, 15) is 0 Å². The van der Waals surface area contributed by atoms with E-state index >= 15 is 0 Å². The van der Waals surface area contributed by atoms with Gasteiger partial charge in [0.1, 0.15) is 0 Å². The molecule has 1 rings (SSSR count). The van der Waals surface area contributed by atoms with Crippen molar-refractivity contribution in [3.63, 3.8) is 0 Å². The highest BCUT2D eigenvalue weighted by molar-refractivity contribution is 7.07. The quantitative estimate of drug-likeness (QED) is 0.427. The first-order valence-corrected chi connectivity index (χ1v) is 3.90. The largest absolute Gasteiger partial charge is 1.00 e. The molecule has 0 aliphatic rings. The van der Waals surface area contributed by atoms with Crippen molar-refractivity contribution in [1.29, 1.82) is 0 Å². The fourth-order valence-electron chi connectivity index (χ4n) is 0.593. The molecule has 0 fully saturated rings. The highest BCUT2D eigenvalue weighted by atomic mass is 79.9. The van der Waals surface area contributed by atoms with Crippen molar-refractivity contribution in [2.45, 2.75) is 13.5 Å². The molecule has 56 valence electrons. The molecule has 1 nitrogen and oxygen atoms in total. The third kappa shape index (κ3) is 3.13. The summed E-state index contributed by atoms with van der Waals surface area (Å²) in [6.07, 6.45) is 6.27. The van der Waals surface area contributed by atoms with Crippen molar-refractivity contribution in [3.8, 4) is 0 Å². The van der Waals surface area contributed by atoms with Gasteiger partial charge in [-0.2, -0.15) is 4.57 Å². The summed E-state index contributed by atoms with van der Waals surface area (Å²) in [6, 6.07) is 0. The molecule has 1 heterocycles. The summed E-state index contributed by atoms with van der Waals surface area (Å²) < 4.78 is 2.14. The van der Waals surface area contributed by atoms with E-state index in [1.54, 1.807) is 11.3 Å². The molecule has 1 aromatic heterocycles. The molecule has 0 aliphatic heterocycles. The highest BCUT2D eigenvalue weighted by Crippen LogP contribution is 1.87. The Balaban J connectivity index is 0.000000810. The Morgan fingerprint density at radius 3 is 2.90 bits per heavy atom. The maximum absolute atomic E-state index is 2.14. The van der Waals surface area contributed by atoms with Crippen molar-refractivity contribution in [3.05, 3.63) is 29.2 Å². The second-order valence-electron chi connectivity index (χ2n) is 1.79. The monoisotopic (exact) mass is 219 g/mol. The van der Waals surface area contributed by atoms with Gasteiger partial charge in [0.2, 0.25) is 5.51 Å². The number of nitrogens with zero attached hydrogens (tertiary/aromatic N) is 1. The van der Waals surface area contributed by atoms with Crippen LogP contribution in [0.25, 0.3) is 0 Å². The van der Waals surface area contributed by atoms with Gasteiger partial charge in [0.05, 0.1) is 5.38 Å². The first-order valence-electron chi connectivity index (χ1n) is 2.96. The molecule has 1 aromatic rings. The van der Waals surface area contributed by atoms with Gasteiger partial charge in [-0.1, -0.05) is 17.4 Å². The van der Waals surface area contributed by atoms with Crippen molar-refractivity contribution >= 4 is 11.3 Å². The van der Waals surface area contributed by atoms with Crippen LogP contribution < -0.4 is 21.5 Å². The minimum Gasteiger partial charge on any atom is -1.00 e. The molecule has 0 N–H and O–H groups in total. The van der Waals surface area contributed by atoms with Crippen LogP contribution in [0.5, 0.6) is 0 Å². The third-order valence-corrected chi connectivity index (χ3v) is 1.75. The van der Waals surface area contributed by atoms with Crippen LogP contribution in [0.4, 0.5) is 0 Å². The standard InChI is InChI=1S/C7H10NS.BrH/c1-2-3-4-8-5-6-9-7-8;/h2-3,5-7H,4H2,1H3;1H/q+1;/p-1. The van der Waals surface area contributed by atoms with Gasteiger partial charge in [0.25, 0.3) is 0 Å². The summed E-state index contributed by atoms with van der Waals surface area (Å²) in [7, 11) is 0. The summed E-state index contributed by atoms with van der Waals surface area (Å²) in [4.78, 5) is 0. The summed E-state index contributed by atoms with van der Waals surface area (Å²) >= 11 is 1.72. The van der Waals surface area contributed by atoms with Gasteiger partial charge >= 0.3 is 0 Å². The Bertz CT molecular complexity index is 181. The maximum atomic E-state index is 2.14. The summed E-state index contributed by atoms with van der Waals surface area (Å²) in [5.74, 6) is 0. The fraction of sp³-hybridized carbons (Fsp3) is 0.286. The van der Waals surface area contributed by atoms with Gasteiger partial charge < -0.3 is 17.0 Å². The molecule has 10 heavy (non-hydrogen) atoms. The molecule has 0 radical (unpaired) electrons. The van der Waals surface area contributed by atoms with Gasteiger partial charge in [-0.15, -0.1) is 0 Å². The van der Waals surface area contributed by atoms with E-state index in [1.165, 1.54) is 0 Å². The lowest BCUT2D eigenvalue weighted by molar-refractivity contribution is -0.682. The molecule has 0 atom stereocenters. The number of allylic oxidation sites excluding steroid dienone is 2. The van der Waals surface area contributed by atoms with Gasteiger partial charge in [-0.25, -0.2) is 0 Å². The molecule has 0 saturated heterocycles. The lowest BCUT2D eigenvalue weighted by Crippen LogP contribution is -3.00. The number of hydrogen-bond acceptors (Lipinski definition) is 1. The van der Waals surface area contributed by atoms with E-state index in [0.29, 0.717) is 0 Å². The Hall–Kier alpha value is -0.150. The molecule has 0 aromatic carbocycles. The van der Waals surface area contributed by atoms with Crippen molar-refractivity contribution in [2.75, 3.05) is 0 Å². The van der Waals surface area contributed by atoms with E-state index < -0.39 is 0 Å². The van der Waals surface area contributed by atoms with Crippen molar-refractivity contribution in [2.24, 2.45) is 0 Å². The zero-order valence-electron chi connectivity index (χ0n) is 5.83. The van der Waals surface area contributed by atoms with E-state index in [2.05, 4.69) is 33.8 Å². The van der Waals surface area contributed by atoms with Crippen LogP contribution in [0, 0.1) is 0 Å².